The van der Waals surface area contributed by atoms with Gasteiger partial charge in [-0.25, -0.2) is 0 Å². The predicted molar refractivity (Wildman–Crippen MR) is 80.2 cm³/mol. The molecule has 1 saturated heterocycles. The van der Waals surface area contributed by atoms with Crippen LogP contribution in [-0.4, -0.2) is 42.3 Å². The maximum atomic E-state index is 12.4. The van der Waals surface area contributed by atoms with Crippen molar-refractivity contribution in [3.05, 3.63) is 17.5 Å². The Labute approximate surface area is 126 Å². The number of amides is 1. The highest BCUT2D eigenvalue weighted by molar-refractivity contribution is 5.91. The van der Waals surface area contributed by atoms with Gasteiger partial charge in [-0.15, -0.1) is 0 Å². The van der Waals surface area contributed by atoms with Crippen LogP contribution in [0.15, 0.2) is 10.6 Å². The Morgan fingerprint density at radius 2 is 2.38 bits per heavy atom. The fourth-order valence-corrected chi connectivity index (χ4v) is 2.63. The Balaban J connectivity index is 1.85. The Morgan fingerprint density at radius 3 is 3.10 bits per heavy atom. The van der Waals surface area contributed by atoms with Gasteiger partial charge in [0.2, 0.25) is 5.76 Å². The third-order valence-electron chi connectivity index (χ3n) is 3.66. The first kappa shape index (κ1) is 16.0. The molecule has 1 aliphatic heterocycles. The lowest BCUT2D eigenvalue weighted by molar-refractivity contribution is 0.0716. The van der Waals surface area contributed by atoms with E-state index in [1.54, 1.807) is 6.07 Å². The highest BCUT2D eigenvalue weighted by atomic mass is 16.5. The first-order valence-electron chi connectivity index (χ1n) is 7.92. The van der Waals surface area contributed by atoms with Gasteiger partial charge in [0.1, 0.15) is 0 Å². The van der Waals surface area contributed by atoms with E-state index in [9.17, 15) is 4.79 Å². The molecule has 0 saturated carbocycles. The minimum Gasteiger partial charge on any atom is -0.381 e. The maximum Gasteiger partial charge on any atom is 0.292 e. The molecule has 0 bridgehead atoms. The van der Waals surface area contributed by atoms with Crippen molar-refractivity contribution in [2.75, 3.05) is 26.3 Å². The number of ether oxygens (including phenoxy) is 1. The van der Waals surface area contributed by atoms with Crippen molar-refractivity contribution in [3.8, 4) is 0 Å². The quantitative estimate of drug-likeness (QED) is 0.726. The van der Waals surface area contributed by atoms with Crippen molar-refractivity contribution in [2.45, 2.75) is 40.0 Å². The van der Waals surface area contributed by atoms with Crippen LogP contribution in [0.4, 0.5) is 0 Å². The molecule has 5 nitrogen and oxygen atoms in total. The van der Waals surface area contributed by atoms with Crippen LogP contribution in [0, 0.1) is 11.8 Å². The van der Waals surface area contributed by atoms with Crippen molar-refractivity contribution in [1.82, 2.24) is 10.1 Å². The van der Waals surface area contributed by atoms with Gasteiger partial charge in [0, 0.05) is 31.7 Å². The summed E-state index contributed by atoms with van der Waals surface area (Å²) in [6, 6.07) is 1.78. The fraction of sp³-hybridized carbons (Fsp3) is 0.750. The minimum absolute atomic E-state index is 0.0458. The Bertz CT molecular complexity index is 456. The number of hydrogen-bond donors (Lipinski definition) is 0. The number of likely N-dealkylation sites (tertiary alicyclic amines) is 1. The van der Waals surface area contributed by atoms with Gasteiger partial charge < -0.3 is 14.2 Å². The summed E-state index contributed by atoms with van der Waals surface area (Å²) in [5.41, 5.74) is 0.857. The Kier molecular flexibility index (Phi) is 5.79. The summed E-state index contributed by atoms with van der Waals surface area (Å²) < 4.78 is 10.8. The molecule has 0 aromatic carbocycles. The lowest BCUT2D eigenvalue weighted by Gasteiger charge is -2.14. The molecule has 1 aromatic rings. The van der Waals surface area contributed by atoms with Crippen LogP contribution in [0.1, 0.15) is 49.9 Å². The second-order valence-electron chi connectivity index (χ2n) is 6.26. The molecule has 1 aliphatic rings. The van der Waals surface area contributed by atoms with E-state index < -0.39 is 0 Å². The van der Waals surface area contributed by atoms with Crippen LogP contribution in [0.5, 0.6) is 0 Å². The van der Waals surface area contributed by atoms with Crippen molar-refractivity contribution >= 4 is 5.91 Å². The molecule has 2 heterocycles. The lowest BCUT2D eigenvalue weighted by atomic mass is 10.1. The van der Waals surface area contributed by atoms with Crippen LogP contribution in [0.3, 0.4) is 0 Å². The predicted octanol–water partition coefficient (Wildman–Crippen LogP) is 2.76. The van der Waals surface area contributed by atoms with Crippen molar-refractivity contribution in [1.29, 1.82) is 0 Å². The summed E-state index contributed by atoms with van der Waals surface area (Å²) in [4.78, 5) is 14.2. The minimum atomic E-state index is -0.0458. The molecule has 1 amide bonds. The molecular formula is C16H26N2O3. The monoisotopic (exact) mass is 294 g/mol. The fourth-order valence-electron chi connectivity index (χ4n) is 2.63. The third kappa shape index (κ3) is 4.56. The number of aromatic nitrogens is 1. The highest BCUT2D eigenvalue weighted by Gasteiger charge is 2.29. The molecule has 0 aliphatic carbocycles. The SMILES string of the molecule is CCCOC[C@@H]1CCN(C(=O)c2cc(CC(C)C)no2)C1. The summed E-state index contributed by atoms with van der Waals surface area (Å²) in [6.07, 6.45) is 2.87. The molecule has 1 fully saturated rings. The molecule has 118 valence electrons. The zero-order valence-electron chi connectivity index (χ0n) is 13.3. The number of nitrogens with zero attached hydrogens (tertiary/aromatic N) is 2. The largest absolute Gasteiger partial charge is 0.381 e. The molecule has 0 N–H and O–H groups in total. The number of hydrogen-bond acceptors (Lipinski definition) is 4. The van der Waals surface area contributed by atoms with E-state index in [1.165, 1.54) is 0 Å². The van der Waals surface area contributed by atoms with E-state index in [0.717, 1.165) is 51.3 Å². The van der Waals surface area contributed by atoms with Gasteiger partial charge in [-0.1, -0.05) is 25.9 Å². The summed E-state index contributed by atoms with van der Waals surface area (Å²) >= 11 is 0. The summed E-state index contributed by atoms with van der Waals surface area (Å²) in [7, 11) is 0. The van der Waals surface area contributed by atoms with Gasteiger partial charge in [0.15, 0.2) is 0 Å². The number of carbonyl (C=O) groups excluding carboxylic acids is 1. The highest BCUT2D eigenvalue weighted by Crippen LogP contribution is 2.20. The molecule has 21 heavy (non-hydrogen) atoms. The molecule has 2 rings (SSSR count). The third-order valence-corrected chi connectivity index (χ3v) is 3.66. The normalized spacial score (nSPS) is 18.7. The Morgan fingerprint density at radius 1 is 1.57 bits per heavy atom. The standard InChI is InChI=1S/C16H26N2O3/c1-4-7-20-11-13-5-6-18(10-13)16(19)15-9-14(17-21-15)8-12(2)3/h9,12-13H,4-8,10-11H2,1-3H3/t13-/m1/s1. The lowest BCUT2D eigenvalue weighted by Crippen LogP contribution is -2.29. The average molecular weight is 294 g/mol. The van der Waals surface area contributed by atoms with Crippen molar-refractivity contribution < 1.29 is 14.1 Å². The number of rotatable bonds is 7. The van der Waals surface area contributed by atoms with Crippen molar-refractivity contribution in [2.24, 2.45) is 11.8 Å². The van der Waals surface area contributed by atoms with Crippen LogP contribution in [0.2, 0.25) is 0 Å². The molecule has 1 aromatic heterocycles. The van der Waals surface area contributed by atoms with Crippen LogP contribution >= 0.6 is 0 Å². The smallest absolute Gasteiger partial charge is 0.292 e. The molecule has 0 unspecified atom stereocenters. The zero-order valence-corrected chi connectivity index (χ0v) is 13.3. The van der Waals surface area contributed by atoms with E-state index in [2.05, 4.69) is 25.9 Å². The molecule has 0 radical (unpaired) electrons. The second kappa shape index (κ2) is 7.59. The summed E-state index contributed by atoms with van der Waals surface area (Å²) in [5, 5.41) is 3.98. The van der Waals surface area contributed by atoms with Gasteiger partial charge in [-0.05, 0) is 25.2 Å². The number of carbonyl (C=O) groups is 1. The second-order valence-corrected chi connectivity index (χ2v) is 6.26. The Hall–Kier alpha value is -1.36. The van der Waals surface area contributed by atoms with Gasteiger partial charge in [-0.2, -0.15) is 0 Å². The molecular weight excluding hydrogens is 268 g/mol. The first-order valence-corrected chi connectivity index (χ1v) is 7.92. The van der Waals surface area contributed by atoms with Crippen LogP contribution in [0.25, 0.3) is 0 Å². The van der Waals surface area contributed by atoms with Crippen LogP contribution < -0.4 is 0 Å². The average Bonchev–Trinajstić information content (AvgIpc) is 3.07. The van der Waals surface area contributed by atoms with E-state index >= 15 is 0 Å². The molecule has 1 atom stereocenters. The first-order chi connectivity index (χ1) is 10.1. The van der Waals surface area contributed by atoms with E-state index in [-0.39, 0.29) is 5.91 Å². The van der Waals surface area contributed by atoms with Gasteiger partial charge in [0.25, 0.3) is 5.91 Å². The summed E-state index contributed by atoms with van der Waals surface area (Å²) in [5.74, 6) is 1.26. The molecule has 0 spiro atoms. The van der Waals surface area contributed by atoms with Crippen LogP contribution in [-0.2, 0) is 11.2 Å². The van der Waals surface area contributed by atoms with Gasteiger partial charge in [-0.3, -0.25) is 4.79 Å². The van der Waals surface area contributed by atoms with E-state index in [1.807, 2.05) is 4.90 Å². The van der Waals surface area contributed by atoms with E-state index in [0.29, 0.717) is 17.6 Å². The molecule has 5 heteroatoms. The van der Waals surface area contributed by atoms with Gasteiger partial charge >= 0.3 is 0 Å². The zero-order chi connectivity index (χ0) is 15.2. The topological polar surface area (TPSA) is 55.6 Å². The van der Waals surface area contributed by atoms with Crippen molar-refractivity contribution in [3.63, 3.8) is 0 Å². The van der Waals surface area contributed by atoms with Gasteiger partial charge in [0.05, 0.1) is 12.3 Å². The van der Waals surface area contributed by atoms with E-state index in [4.69, 9.17) is 9.26 Å². The maximum absolute atomic E-state index is 12.4. The summed E-state index contributed by atoms with van der Waals surface area (Å²) in [6.45, 7) is 9.41.